The van der Waals surface area contributed by atoms with Crippen molar-refractivity contribution < 1.29 is 14.7 Å². The third-order valence-corrected chi connectivity index (χ3v) is 3.49. The van der Waals surface area contributed by atoms with Crippen LogP contribution in [0.4, 0.5) is 0 Å². The van der Waals surface area contributed by atoms with Crippen LogP contribution in [0, 0.1) is 5.41 Å². The number of aromatic nitrogens is 2. The van der Waals surface area contributed by atoms with Crippen LogP contribution in [-0.2, 0) is 4.79 Å². The van der Waals surface area contributed by atoms with E-state index < -0.39 is 11.4 Å². The van der Waals surface area contributed by atoms with Crippen molar-refractivity contribution in [2.24, 2.45) is 5.41 Å². The van der Waals surface area contributed by atoms with Gasteiger partial charge in [-0.15, -0.1) is 0 Å². The summed E-state index contributed by atoms with van der Waals surface area (Å²) in [4.78, 5) is 29.5. The molecule has 1 heterocycles. The van der Waals surface area contributed by atoms with E-state index in [1.54, 1.807) is 6.92 Å². The second kappa shape index (κ2) is 4.20. The van der Waals surface area contributed by atoms with E-state index in [-0.39, 0.29) is 11.9 Å². The molecule has 0 saturated heterocycles. The van der Waals surface area contributed by atoms with Crippen molar-refractivity contribution in [2.45, 2.75) is 32.2 Å². The molecule has 17 heavy (non-hydrogen) atoms. The smallest absolute Gasteiger partial charge is 0.311 e. The molecule has 0 radical (unpaired) electrons. The average molecular weight is 237 g/mol. The number of carboxylic acid groups (broad SMARTS) is 1. The maximum absolute atomic E-state index is 11.8. The van der Waals surface area contributed by atoms with Crippen LogP contribution in [-0.4, -0.2) is 33.0 Å². The van der Waals surface area contributed by atoms with Gasteiger partial charge in [0, 0.05) is 6.04 Å². The van der Waals surface area contributed by atoms with Crippen molar-refractivity contribution in [2.75, 3.05) is 0 Å². The number of nitrogens with one attached hydrogen (secondary N) is 2. The maximum atomic E-state index is 11.8. The van der Waals surface area contributed by atoms with Crippen LogP contribution in [0.3, 0.4) is 0 Å². The SMILES string of the molecule is CC1(C(=O)O)CCCC1NC(=O)c1cnc[nH]1. The van der Waals surface area contributed by atoms with Gasteiger partial charge in [0.2, 0.25) is 0 Å². The molecule has 1 aromatic heterocycles. The first-order valence-corrected chi connectivity index (χ1v) is 5.56. The molecule has 1 amide bonds. The average Bonchev–Trinajstić information content (AvgIpc) is 2.89. The highest BCUT2D eigenvalue weighted by Gasteiger charge is 2.45. The highest BCUT2D eigenvalue weighted by atomic mass is 16.4. The summed E-state index contributed by atoms with van der Waals surface area (Å²) in [5, 5.41) is 12.0. The first-order valence-electron chi connectivity index (χ1n) is 5.56. The summed E-state index contributed by atoms with van der Waals surface area (Å²) in [5.41, 5.74) is -0.514. The molecule has 0 spiro atoms. The molecule has 0 aliphatic heterocycles. The van der Waals surface area contributed by atoms with Crippen molar-refractivity contribution in [1.29, 1.82) is 0 Å². The standard InChI is InChI=1S/C11H15N3O3/c1-11(10(16)17)4-2-3-8(11)14-9(15)7-5-12-6-13-7/h5-6,8H,2-4H2,1H3,(H,12,13)(H,14,15)(H,16,17). The zero-order chi connectivity index (χ0) is 12.5. The molecule has 2 rings (SSSR count). The fourth-order valence-electron chi connectivity index (χ4n) is 2.27. The summed E-state index contributed by atoms with van der Waals surface area (Å²) >= 11 is 0. The van der Waals surface area contributed by atoms with Gasteiger partial charge in [0.05, 0.1) is 17.9 Å². The quantitative estimate of drug-likeness (QED) is 0.724. The highest BCUT2D eigenvalue weighted by Crippen LogP contribution is 2.38. The maximum Gasteiger partial charge on any atom is 0.311 e. The Morgan fingerprint density at radius 2 is 2.41 bits per heavy atom. The number of carbonyl (C=O) groups is 2. The van der Waals surface area contributed by atoms with E-state index in [0.29, 0.717) is 18.5 Å². The number of carboxylic acids is 1. The normalized spacial score (nSPS) is 27.9. The van der Waals surface area contributed by atoms with Gasteiger partial charge >= 0.3 is 5.97 Å². The van der Waals surface area contributed by atoms with Gasteiger partial charge in [0.15, 0.2) is 0 Å². The second-order valence-corrected chi connectivity index (χ2v) is 4.61. The van der Waals surface area contributed by atoms with Crippen molar-refractivity contribution in [1.82, 2.24) is 15.3 Å². The Kier molecular flexibility index (Phi) is 2.87. The van der Waals surface area contributed by atoms with Crippen LogP contribution in [0.15, 0.2) is 12.5 Å². The van der Waals surface area contributed by atoms with Crippen molar-refractivity contribution in [3.8, 4) is 0 Å². The largest absolute Gasteiger partial charge is 0.481 e. The van der Waals surface area contributed by atoms with Crippen molar-refractivity contribution in [3.05, 3.63) is 18.2 Å². The van der Waals surface area contributed by atoms with Gasteiger partial charge in [0.25, 0.3) is 5.91 Å². The number of rotatable bonds is 3. The number of hydrogen-bond donors (Lipinski definition) is 3. The molecule has 1 aromatic rings. The number of aromatic amines is 1. The number of H-pyrrole nitrogens is 1. The molecule has 2 atom stereocenters. The minimum absolute atomic E-state index is 0.304. The second-order valence-electron chi connectivity index (χ2n) is 4.61. The van der Waals surface area contributed by atoms with Gasteiger partial charge in [-0.25, -0.2) is 4.98 Å². The minimum Gasteiger partial charge on any atom is -0.481 e. The zero-order valence-corrected chi connectivity index (χ0v) is 9.56. The lowest BCUT2D eigenvalue weighted by Crippen LogP contribution is -2.47. The van der Waals surface area contributed by atoms with Crippen LogP contribution in [0.1, 0.15) is 36.7 Å². The Balaban J connectivity index is 2.09. The number of carbonyl (C=O) groups excluding carboxylic acids is 1. The molecule has 6 nitrogen and oxygen atoms in total. The number of amides is 1. The fourth-order valence-corrected chi connectivity index (χ4v) is 2.27. The summed E-state index contributed by atoms with van der Waals surface area (Å²) in [6.07, 6.45) is 4.94. The number of aliphatic carboxylic acids is 1. The van der Waals surface area contributed by atoms with Crippen LogP contribution < -0.4 is 5.32 Å². The molecule has 0 aromatic carbocycles. The molecular formula is C11H15N3O3. The van der Waals surface area contributed by atoms with Crippen LogP contribution in [0.5, 0.6) is 0 Å². The van der Waals surface area contributed by atoms with Gasteiger partial charge in [-0.3, -0.25) is 9.59 Å². The first kappa shape index (κ1) is 11.6. The van der Waals surface area contributed by atoms with E-state index in [1.807, 2.05) is 0 Å². The van der Waals surface area contributed by atoms with E-state index in [1.165, 1.54) is 12.5 Å². The van der Waals surface area contributed by atoms with E-state index in [9.17, 15) is 14.7 Å². The Morgan fingerprint density at radius 3 is 3.00 bits per heavy atom. The Hall–Kier alpha value is -1.85. The van der Waals surface area contributed by atoms with Crippen molar-refractivity contribution in [3.63, 3.8) is 0 Å². The molecule has 6 heteroatoms. The molecule has 2 unspecified atom stereocenters. The predicted molar refractivity (Wildman–Crippen MR) is 59.4 cm³/mol. The molecule has 0 bridgehead atoms. The zero-order valence-electron chi connectivity index (χ0n) is 9.56. The molecular weight excluding hydrogens is 222 g/mol. The van der Waals surface area contributed by atoms with Gasteiger partial charge in [-0.1, -0.05) is 6.42 Å². The monoisotopic (exact) mass is 237 g/mol. The molecule has 92 valence electrons. The van der Waals surface area contributed by atoms with Gasteiger partial charge < -0.3 is 15.4 Å². The Bertz CT molecular complexity index is 429. The van der Waals surface area contributed by atoms with E-state index >= 15 is 0 Å². The minimum atomic E-state index is -0.865. The van der Waals surface area contributed by atoms with Crippen LogP contribution in [0.2, 0.25) is 0 Å². The summed E-state index contributed by atoms with van der Waals surface area (Å²) in [6, 6.07) is -0.323. The molecule has 1 aliphatic carbocycles. The number of imidazole rings is 1. The van der Waals surface area contributed by atoms with Gasteiger partial charge in [-0.2, -0.15) is 0 Å². The predicted octanol–water partition coefficient (Wildman–Crippen LogP) is 0.783. The summed E-state index contributed by atoms with van der Waals surface area (Å²) in [6.45, 7) is 1.68. The molecule has 1 aliphatic rings. The third-order valence-electron chi connectivity index (χ3n) is 3.49. The number of hydrogen-bond acceptors (Lipinski definition) is 3. The van der Waals surface area contributed by atoms with E-state index in [4.69, 9.17) is 0 Å². The topological polar surface area (TPSA) is 95.1 Å². The van der Waals surface area contributed by atoms with Crippen LogP contribution in [0.25, 0.3) is 0 Å². The Morgan fingerprint density at radius 1 is 1.65 bits per heavy atom. The highest BCUT2D eigenvalue weighted by molar-refractivity contribution is 5.92. The fraction of sp³-hybridized carbons (Fsp3) is 0.545. The number of nitrogens with zero attached hydrogens (tertiary/aromatic N) is 1. The summed E-state index contributed by atoms with van der Waals surface area (Å²) in [7, 11) is 0. The lowest BCUT2D eigenvalue weighted by molar-refractivity contribution is -0.148. The Labute approximate surface area is 98.4 Å². The molecule has 3 N–H and O–H groups in total. The summed E-state index contributed by atoms with van der Waals surface area (Å²) < 4.78 is 0. The van der Waals surface area contributed by atoms with E-state index in [0.717, 1.165) is 6.42 Å². The lowest BCUT2D eigenvalue weighted by atomic mass is 9.85. The van der Waals surface area contributed by atoms with Crippen LogP contribution >= 0.6 is 0 Å². The molecule has 1 saturated carbocycles. The first-order chi connectivity index (χ1) is 8.04. The summed E-state index contributed by atoms with van der Waals surface area (Å²) in [5.74, 6) is -1.16. The van der Waals surface area contributed by atoms with E-state index in [2.05, 4.69) is 15.3 Å². The molecule has 1 fully saturated rings. The van der Waals surface area contributed by atoms with Gasteiger partial charge in [0.1, 0.15) is 5.69 Å². The lowest BCUT2D eigenvalue weighted by Gasteiger charge is -2.27. The van der Waals surface area contributed by atoms with Gasteiger partial charge in [-0.05, 0) is 19.8 Å². The third kappa shape index (κ3) is 2.02. The van der Waals surface area contributed by atoms with Crippen molar-refractivity contribution >= 4 is 11.9 Å².